The van der Waals surface area contributed by atoms with Crippen LogP contribution in [0.25, 0.3) is 5.57 Å². The van der Waals surface area contributed by atoms with Crippen LogP contribution in [0.5, 0.6) is 0 Å². The van der Waals surface area contributed by atoms with E-state index in [9.17, 15) is 14.3 Å². The second kappa shape index (κ2) is 9.06. The number of hydrogen-bond acceptors (Lipinski definition) is 5. The van der Waals surface area contributed by atoms with Gasteiger partial charge in [-0.25, -0.2) is 14.4 Å². The van der Waals surface area contributed by atoms with Crippen LogP contribution in [0.15, 0.2) is 53.2 Å². The van der Waals surface area contributed by atoms with Crippen LogP contribution in [0.3, 0.4) is 0 Å². The molecule has 2 N–H and O–H groups in total. The highest BCUT2D eigenvalue weighted by atomic mass is 35.5. The van der Waals surface area contributed by atoms with E-state index in [-0.39, 0.29) is 23.2 Å². The van der Waals surface area contributed by atoms with Crippen molar-refractivity contribution in [3.05, 3.63) is 70.8 Å². The van der Waals surface area contributed by atoms with E-state index in [0.717, 1.165) is 35.2 Å². The molecular weight excluding hydrogens is 443 g/mol. The first kappa shape index (κ1) is 21.8. The molecule has 33 heavy (non-hydrogen) atoms. The molecule has 0 radical (unpaired) electrons. The van der Waals surface area contributed by atoms with Crippen molar-refractivity contribution >= 4 is 34.8 Å². The van der Waals surface area contributed by atoms with E-state index in [1.807, 2.05) is 12.2 Å². The lowest BCUT2D eigenvalue weighted by atomic mass is 9.86. The van der Waals surface area contributed by atoms with Crippen molar-refractivity contribution < 1.29 is 14.3 Å². The molecule has 1 aliphatic heterocycles. The normalized spacial score (nSPS) is 24.4. The third-order valence-electron chi connectivity index (χ3n) is 6.51. The quantitative estimate of drug-likeness (QED) is 0.619. The van der Waals surface area contributed by atoms with Gasteiger partial charge in [0, 0.05) is 34.5 Å². The van der Waals surface area contributed by atoms with Crippen LogP contribution in [0.1, 0.15) is 48.9 Å². The zero-order valence-corrected chi connectivity index (χ0v) is 18.7. The van der Waals surface area contributed by atoms with Gasteiger partial charge in [-0.1, -0.05) is 24.3 Å². The van der Waals surface area contributed by atoms with Crippen LogP contribution in [0, 0.1) is 11.7 Å². The molecule has 0 amide bonds. The van der Waals surface area contributed by atoms with Crippen molar-refractivity contribution in [1.29, 1.82) is 0 Å². The average Bonchev–Trinajstić information content (AvgIpc) is 2.96. The van der Waals surface area contributed by atoms with Gasteiger partial charge in [0.1, 0.15) is 5.82 Å². The number of fused-ring (bicyclic) bond motifs is 3. The molecule has 8 heteroatoms. The molecule has 1 atom stereocenters. The van der Waals surface area contributed by atoms with E-state index in [0.29, 0.717) is 43.0 Å². The van der Waals surface area contributed by atoms with Crippen LogP contribution < -0.4 is 5.32 Å². The van der Waals surface area contributed by atoms with Crippen molar-refractivity contribution in [1.82, 2.24) is 9.97 Å². The number of benzene rings is 1. The highest BCUT2D eigenvalue weighted by Gasteiger charge is 2.29. The fraction of sp³-hybridized carbons (Fsp3) is 0.360. The number of aromatic nitrogens is 2. The van der Waals surface area contributed by atoms with Gasteiger partial charge in [0.25, 0.3) is 0 Å². The van der Waals surface area contributed by atoms with E-state index in [2.05, 4.69) is 10.3 Å². The molecule has 5 rings (SSSR count). The Hall–Kier alpha value is -3.06. The zero-order chi connectivity index (χ0) is 22.9. The van der Waals surface area contributed by atoms with Crippen molar-refractivity contribution in [2.24, 2.45) is 10.9 Å². The number of aliphatic imine (C=N–C) groups is 1. The number of alkyl halides is 1. The molecule has 1 saturated carbocycles. The first-order chi connectivity index (χ1) is 16.0. The van der Waals surface area contributed by atoms with E-state index >= 15 is 0 Å². The zero-order valence-electron chi connectivity index (χ0n) is 18.0. The summed E-state index contributed by atoms with van der Waals surface area (Å²) in [6.45, 7) is 0.338. The maximum Gasteiger partial charge on any atom is 0.306 e. The number of carboxylic acids is 1. The minimum atomic E-state index is -0.721. The summed E-state index contributed by atoms with van der Waals surface area (Å²) >= 11 is 6.45. The number of hydrogen-bond donors (Lipinski definition) is 2. The van der Waals surface area contributed by atoms with Crippen molar-refractivity contribution in [2.45, 2.75) is 50.1 Å². The minimum Gasteiger partial charge on any atom is -0.481 e. The Kier molecular flexibility index (Phi) is 5.98. The SMILES string of the molecule is O=C(O)C1CCC(Nc2ncc3c(n2)C2=CCC(Cl)C=C2C(c2ccccc2F)=NC3)CC1. The third-order valence-corrected chi connectivity index (χ3v) is 6.81. The molecule has 1 aromatic heterocycles. The lowest BCUT2D eigenvalue weighted by Gasteiger charge is -2.27. The van der Waals surface area contributed by atoms with Crippen molar-refractivity contribution in [2.75, 3.05) is 5.32 Å². The summed E-state index contributed by atoms with van der Waals surface area (Å²) in [6, 6.07) is 6.76. The lowest BCUT2D eigenvalue weighted by molar-refractivity contribution is -0.142. The molecule has 1 unspecified atom stereocenters. The Labute approximate surface area is 196 Å². The predicted molar refractivity (Wildman–Crippen MR) is 126 cm³/mol. The summed E-state index contributed by atoms with van der Waals surface area (Å²) < 4.78 is 14.7. The van der Waals surface area contributed by atoms with Gasteiger partial charge in [-0.3, -0.25) is 9.79 Å². The summed E-state index contributed by atoms with van der Waals surface area (Å²) in [5, 5.41) is 12.4. The van der Waals surface area contributed by atoms with Crippen molar-refractivity contribution in [3.8, 4) is 0 Å². The Morgan fingerprint density at radius 2 is 1.94 bits per heavy atom. The van der Waals surface area contributed by atoms with Gasteiger partial charge >= 0.3 is 5.97 Å². The largest absolute Gasteiger partial charge is 0.481 e. The first-order valence-electron chi connectivity index (χ1n) is 11.2. The van der Waals surface area contributed by atoms with E-state index in [1.165, 1.54) is 6.07 Å². The van der Waals surface area contributed by atoms with Gasteiger partial charge in [0.05, 0.1) is 29.2 Å². The minimum absolute atomic E-state index is 0.136. The molecule has 6 nitrogen and oxygen atoms in total. The number of halogens is 2. The van der Waals surface area contributed by atoms with Crippen LogP contribution in [0.4, 0.5) is 10.3 Å². The smallest absolute Gasteiger partial charge is 0.306 e. The molecule has 3 aliphatic rings. The van der Waals surface area contributed by atoms with Crippen LogP contribution in [-0.4, -0.2) is 38.2 Å². The lowest BCUT2D eigenvalue weighted by Crippen LogP contribution is -2.30. The third kappa shape index (κ3) is 4.42. The van der Waals surface area contributed by atoms with Gasteiger partial charge in [-0.15, -0.1) is 11.6 Å². The number of nitrogens with one attached hydrogen (secondary N) is 1. The number of nitrogens with zero attached hydrogens (tertiary/aromatic N) is 3. The molecule has 2 aliphatic carbocycles. The molecule has 0 bridgehead atoms. The van der Waals surface area contributed by atoms with E-state index in [4.69, 9.17) is 21.6 Å². The second-order valence-electron chi connectivity index (χ2n) is 8.69. The van der Waals surface area contributed by atoms with Crippen LogP contribution in [-0.2, 0) is 11.3 Å². The number of aliphatic carboxylic acids is 1. The summed E-state index contributed by atoms with van der Waals surface area (Å²) in [6.07, 6.45) is 9.21. The highest BCUT2D eigenvalue weighted by Crippen LogP contribution is 2.37. The molecule has 1 aromatic carbocycles. The molecule has 1 fully saturated rings. The second-order valence-corrected chi connectivity index (χ2v) is 9.25. The fourth-order valence-electron chi connectivity index (χ4n) is 4.74. The predicted octanol–water partition coefficient (Wildman–Crippen LogP) is 4.99. The monoisotopic (exact) mass is 466 g/mol. The number of carboxylic acid groups (broad SMARTS) is 1. The molecule has 170 valence electrons. The van der Waals surface area contributed by atoms with Crippen LogP contribution >= 0.6 is 11.6 Å². The van der Waals surface area contributed by atoms with Gasteiger partial charge in [-0.2, -0.15) is 0 Å². The van der Waals surface area contributed by atoms with Gasteiger partial charge in [-0.05, 0) is 44.2 Å². The topological polar surface area (TPSA) is 87.5 Å². The average molecular weight is 467 g/mol. The maximum absolute atomic E-state index is 14.7. The fourth-order valence-corrected chi connectivity index (χ4v) is 4.95. The number of rotatable bonds is 4. The summed E-state index contributed by atoms with van der Waals surface area (Å²) in [4.78, 5) is 25.3. The Morgan fingerprint density at radius 1 is 1.15 bits per heavy atom. The number of anilines is 1. The Morgan fingerprint density at radius 3 is 2.70 bits per heavy atom. The standard InChI is InChI=1S/C25H24ClFN4O2/c26-16-7-10-18-20(11-16)23(19-3-1-2-4-21(19)27)28-12-15-13-29-25(31-22(15)18)30-17-8-5-14(6-9-17)24(32)33/h1-4,10-11,13-14,16-17H,5-9,12H2,(H,32,33)(H,29,30,31). The summed E-state index contributed by atoms with van der Waals surface area (Å²) in [5.74, 6) is -0.810. The first-order valence-corrected chi connectivity index (χ1v) is 11.6. The van der Waals surface area contributed by atoms with Gasteiger partial charge in [0.15, 0.2) is 0 Å². The maximum atomic E-state index is 14.7. The molecule has 2 aromatic rings. The highest BCUT2D eigenvalue weighted by molar-refractivity contribution is 6.26. The molecular formula is C25H24ClFN4O2. The van der Waals surface area contributed by atoms with Crippen molar-refractivity contribution in [3.63, 3.8) is 0 Å². The summed E-state index contributed by atoms with van der Waals surface area (Å²) in [7, 11) is 0. The van der Waals surface area contributed by atoms with Crippen LogP contribution in [0.2, 0.25) is 0 Å². The van der Waals surface area contributed by atoms with E-state index in [1.54, 1.807) is 24.4 Å². The van der Waals surface area contributed by atoms with E-state index < -0.39 is 5.97 Å². The number of allylic oxidation sites excluding steroid dienone is 4. The van der Waals surface area contributed by atoms with Gasteiger partial charge in [0.2, 0.25) is 5.95 Å². The summed E-state index contributed by atoms with van der Waals surface area (Å²) in [5.41, 5.74) is 4.33. The Balaban J connectivity index is 1.45. The Bertz CT molecular complexity index is 1180. The molecule has 2 heterocycles. The number of carbonyl (C=O) groups is 1. The van der Waals surface area contributed by atoms with Gasteiger partial charge < -0.3 is 10.4 Å². The molecule has 0 saturated heterocycles. The molecule has 0 spiro atoms.